The Balaban J connectivity index is 2.27. The van der Waals surface area contributed by atoms with E-state index in [-0.39, 0.29) is 0 Å². The van der Waals surface area contributed by atoms with E-state index in [1.165, 1.54) is 37.7 Å². The van der Waals surface area contributed by atoms with Crippen LogP contribution in [0.15, 0.2) is 17.1 Å². The summed E-state index contributed by atoms with van der Waals surface area (Å²) in [5, 5.41) is 11.7. The highest BCUT2D eigenvalue weighted by atomic mass is 28.3. The lowest BCUT2D eigenvalue weighted by Crippen LogP contribution is -2.38. The van der Waals surface area contributed by atoms with Gasteiger partial charge in [0.1, 0.15) is 5.75 Å². The van der Waals surface area contributed by atoms with Crippen LogP contribution in [0.1, 0.15) is 43.2 Å². The summed E-state index contributed by atoms with van der Waals surface area (Å²) in [5.41, 5.74) is 2.11. The van der Waals surface area contributed by atoms with Crippen LogP contribution in [0.4, 0.5) is 0 Å². The first-order valence-electron chi connectivity index (χ1n) is 7.75. The third-order valence-electron chi connectivity index (χ3n) is 4.09. The van der Waals surface area contributed by atoms with E-state index in [1.807, 2.05) is 12.3 Å². The smallest absolute Gasteiger partial charge is 0.123 e. The molecule has 1 aromatic carbocycles. The zero-order valence-corrected chi connectivity index (χ0v) is 14.2. The molecule has 0 radical (unpaired) electrons. The maximum Gasteiger partial charge on any atom is 0.123 e. The molecule has 1 N–H and O–H groups in total. The Morgan fingerprint density at radius 1 is 1.15 bits per heavy atom. The minimum Gasteiger partial charge on any atom is -0.507 e. The van der Waals surface area contributed by atoms with Gasteiger partial charge in [-0.05, 0) is 31.0 Å². The lowest BCUT2D eigenvalue weighted by Gasteiger charge is -2.21. The van der Waals surface area contributed by atoms with Crippen LogP contribution in [-0.2, 0) is 0 Å². The number of aromatic hydroxyl groups is 1. The second-order valence-corrected chi connectivity index (χ2v) is 12.1. The molecule has 1 aromatic rings. The van der Waals surface area contributed by atoms with Crippen LogP contribution < -0.4 is 5.19 Å². The van der Waals surface area contributed by atoms with Crippen molar-refractivity contribution < 1.29 is 5.11 Å². The van der Waals surface area contributed by atoms with Crippen LogP contribution in [0.2, 0.25) is 19.6 Å². The Morgan fingerprint density at radius 2 is 1.80 bits per heavy atom. The standard InChI is InChI=1S/C17H27NOSi/c1-13-10-14(12-18-15-8-6-5-7-9-15)17(19)16(11-13)20(2,3)4/h10-12,15,19H,5-9H2,1-4H3. The summed E-state index contributed by atoms with van der Waals surface area (Å²) in [6.07, 6.45) is 8.24. The van der Waals surface area contributed by atoms with Crippen LogP contribution in [0.3, 0.4) is 0 Å². The molecule has 0 bridgehead atoms. The zero-order chi connectivity index (χ0) is 14.8. The number of rotatable bonds is 3. The van der Waals surface area contributed by atoms with Crippen LogP contribution in [0.5, 0.6) is 5.75 Å². The fraction of sp³-hybridized carbons (Fsp3) is 0.588. The van der Waals surface area contributed by atoms with Crippen molar-refractivity contribution in [3.8, 4) is 5.75 Å². The Morgan fingerprint density at radius 3 is 2.40 bits per heavy atom. The summed E-state index contributed by atoms with van der Waals surface area (Å²) in [6, 6.07) is 4.64. The lowest BCUT2D eigenvalue weighted by atomic mass is 9.96. The van der Waals surface area contributed by atoms with Gasteiger partial charge in [-0.1, -0.05) is 50.5 Å². The first kappa shape index (κ1) is 15.3. The van der Waals surface area contributed by atoms with Gasteiger partial charge in [-0.2, -0.15) is 0 Å². The van der Waals surface area contributed by atoms with Gasteiger partial charge in [0.05, 0.1) is 8.07 Å². The number of phenolic OH excluding ortho intramolecular Hbond substituents is 1. The minimum atomic E-state index is -1.52. The van der Waals surface area contributed by atoms with E-state index in [4.69, 9.17) is 4.99 Å². The molecule has 2 nitrogen and oxygen atoms in total. The van der Waals surface area contributed by atoms with Crippen molar-refractivity contribution in [1.82, 2.24) is 0 Å². The van der Waals surface area contributed by atoms with Crippen LogP contribution >= 0.6 is 0 Å². The highest BCUT2D eigenvalue weighted by molar-refractivity contribution is 6.89. The predicted molar refractivity (Wildman–Crippen MR) is 90.3 cm³/mol. The Labute approximate surface area is 124 Å². The van der Waals surface area contributed by atoms with Crippen LogP contribution in [0, 0.1) is 6.92 Å². The SMILES string of the molecule is Cc1cc(C=NC2CCCCC2)c(O)c([Si](C)(C)C)c1. The molecule has 1 aliphatic carbocycles. The van der Waals surface area contributed by atoms with E-state index in [2.05, 4.69) is 32.6 Å². The van der Waals surface area contributed by atoms with Gasteiger partial charge in [-0.3, -0.25) is 4.99 Å². The first-order chi connectivity index (χ1) is 9.38. The molecule has 1 fully saturated rings. The summed E-state index contributed by atoms with van der Waals surface area (Å²) in [5.74, 6) is 0.453. The van der Waals surface area contributed by atoms with Crippen LogP contribution in [0.25, 0.3) is 0 Å². The molecule has 2 rings (SSSR count). The highest BCUT2D eigenvalue weighted by Crippen LogP contribution is 2.22. The van der Waals surface area contributed by atoms with E-state index < -0.39 is 8.07 Å². The van der Waals surface area contributed by atoms with Gasteiger partial charge in [-0.15, -0.1) is 0 Å². The molecule has 0 atom stereocenters. The average molecular weight is 289 g/mol. The topological polar surface area (TPSA) is 32.6 Å². The predicted octanol–water partition coefficient (Wildman–Crippen LogP) is 4.00. The molecule has 20 heavy (non-hydrogen) atoms. The molecule has 3 heteroatoms. The lowest BCUT2D eigenvalue weighted by molar-refractivity contribution is 0.444. The quantitative estimate of drug-likeness (QED) is 0.662. The van der Waals surface area contributed by atoms with Gasteiger partial charge in [0.2, 0.25) is 0 Å². The fourth-order valence-electron chi connectivity index (χ4n) is 2.89. The first-order valence-corrected chi connectivity index (χ1v) is 11.2. The third-order valence-corrected chi connectivity index (χ3v) is 6.09. The summed E-state index contributed by atoms with van der Waals surface area (Å²) in [7, 11) is -1.52. The van der Waals surface area contributed by atoms with E-state index >= 15 is 0 Å². The summed E-state index contributed by atoms with van der Waals surface area (Å²) in [4.78, 5) is 4.71. The molecular formula is C17H27NOSi. The van der Waals surface area contributed by atoms with Crippen molar-refractivity contribution in [2.45, 2.75) is 64.7 Å². The van der Waals surface area contributed by atoms with Gasteiger partial charge in [0, 0.05) is 17.8 Å². The molecule has 0 aromatic heterocycles. The number of phenols is 1. The van der Waals surface area contributed by atoms with Crippen LogP contribution in [-0.4, -0.2) is 25.4 Å². The largest absolute Gasteiger partial charge is 0.507 e. The van der Waals surface area contributed by atoms with Crippen molar-refractivity contribution in [3.05, 3.63) is 23.3 Å². The molecule has 0 heterocycles. The maximum absolute atomic E-state index is 10.5. The number of hydrogen-bond donors (Lipinski definition) is 1. The van der Waals surface area contributed by atoms with Gasteiger partial charge in [-0.25, -0.2) is 0 Å². The summed E-state index contributed by atoms with van der Waals surface area (Å²) < 4.78 is 0. The Bertz CT molecular complexity index is 496. The van der Waals surface area contributed by atoms with Crippen molar-refractivity contribution in [2.24, 2.45) is 4.99 Å². The van der Waals surface area contributed by atoms with Crippen molar-refractivity contribution in [2.75, 3.05) is 0 Å². The molecule has 0 aliphatic heterocycles. The van der Waals surface area contributed by atoms with E-state index in [9.17, 15) is 5.11 Å². The van der Waals surface area contributed by atoms with Gasteiger partial charge in [0.15, 0.2) is 0 Å². The minimum absolute atomic E-state index is 0.453. The zero-order valence-electron chi connectivity index (χ0n) is 13.2. The monoisotopic (exact) mass is 289 g/mol. The third kappa shape index (κ3) is 3.72. The molecule has 110 valence electrons. The number of benzene rings is 1. The number of nitrogens with zero attached hydrogens (tertiary/aromatic N) is 1. The van der Waals surface area contributed by atoms with Gasteiger partial charge in [0.25, 0.3) is 0 Å². The van der Waals surface area contributed by atoms with E-state index in [0.29, 0.717) is 11.8 Å². The van der Waals surface area contributed by atoms with E-state index in [1.54, 1.807) is 0 Å². The van der Waals surface area contributed by atoms with E-state index in [0.717, 1.165) is 10.8 Å². The normalized spacial score (nSPS) is 17.8. The molecule has 0 spiro atoms. The molecule has 0 saturated heterocycles. The van der Waals surface area contributed by atoms with Crippen molar-refractivity contribution in [1.29, 1.82) is 0 Å². The number of aryl methyl sites for hydroxylation is 1. The van der Waals surface area contributed by atoms with Crippen molar-refractivity contribution in [3.63, 3.8) is 0 Å². The highest BCUT2D eigenvalue weighted by Gasteiger charge is 2.22. The van der Waals surface area contributed by atoms with Gasteiger partial charge < -0.3 is 5.11 Å². The fourth-order valence-corrected chi connectivity index (χ4v) is 4.41. The average Bonchev–Trinajstić information content (AvgIpc) is 2.39. The summed E-state index contributed by atoms with van der Waals surface area (Å²) >= 11 is 0. The second-order valence-electron chi connectivity index (χ2n) is 7.07. The number of hydrogen-bond acceptors (Lipinski definition) is 2. The maximum atomic E-state index is 10.5. The molecular weight excluding hydrogens is 262 g/mol. The van der Waals surface area contributed by atoms with Crippen molar-refractivity contribution >= 4 is 19.5 Å². The van der Waals surface area contributed by atoms with Gasteiger partial charge >= 0.3 is 0 Å². The summed E-state index contributed by atoms with van der Waals surface area (Å²) in [6.45, 7) is 8.90. The molecule has 0 amide bonds. The molecule has 1 saturated carbocycles. The second kappa shape index (κ2) is 6.13. The Hall–Kier alpha value is -1.09. The number of aliphatic imine (C=N–C) groups is 1. The molecule has 1 aliphatic rings. The Kier molecular flexibility index (Phi) is 4.69. The molecule has 0 unspecified atom stereocenters.